The second-order valence-corrected chi connectivity index (χ2v) is 23.1. The van der Waals surface area contributed by atoms with Crippen LogP contribution < -0.4 is 21.6 Å². The lowest BCUT2D eigenvalue weighted by atomic mass is 9.92. The van der Waals surface area contributed by atoms with Crippen molar-refractivity contribution in [2.24, 2.45) is 21.7 Å². The number of ether oxygens (including phenoxy) is 6. The number of alkyl carbamates (subject to hydrolysis) is 1. The number of benzene rings is 3. The van der Waals surface area contributed by atoms with E-state index in [1.807, 2.05) is 48.5 Å². The maximum absolute atomic E-state index is 14.9. The molecular weight excluding hydrogens is 967 g/mol. The number of hydrogen-bond donors (Lipinski definition) is 3. The Morgan fingerprint density at radius 1 is 0.600 bits per heavy atom. The SMILES string of the molecule is CC(C)(C)C(=O)OCC1OC(NC(=O)[C@H](CCCCNC(=O)c2cc3ccccc3oc2=O)NC(=O)OCC2c3ccccc3-c3ccccc32)C(OC(=O)C(C)(C)C)C(OC(=O)C(C)(C)C)C1OC(=O)C(C)(C)C. The lowest BCUT2D eigenvalue weighted by Crippen LogP contribution is -2.68. The highest BCUT2D eigenvalue weighted by atomic mass is 16.7. The molecule has 6 rings (SSSR count). The third-order valence-electron chi connectivity index (χ3n) is 12.5. The van der Waals surface area contributed by atoms with Gasteiger partial charge in [0.15, 0.2) is 24.5 Å². The molecule has 0 radical (unpaired) electrons. The molecule has 3 amide bonds. The minimum absolute atomic E-state index is 0.0515. The van der Waals surface area contributed by atoms with E-state index in [1.165, 1.54) is 6.07 Å². The number of carbonyl (C=O) groups excluding carboxylic acids is 7. The quantitative estimate of drug-likeness (QED) is 0.0418. The van der Waals surface area contributed by atoms with Crippen LogP contribution in [0.2, 0.25) is 0 Å². The molecule has 75 heavy (non-hydrogen) atoms. The van der Waals surface area contributed by atoms with E-state index in [0.717, 1.165) is 22.3 Å². The highest BCUT2D eigenvalue weighted by Crippen LogP contribution is 2.44. The van der Waals surface area contributed by atoms with Gasteiger partial charge in [-0.3, -0.25) is 28.8 Å². The molecule has 6 atom stereocenters. The van der Waals surface area contributed by atoms with Crippen molar-refractivity contribution in [2.75, 3.05) is 19.8 Å². The number of esters is 4. The van der Waals surface area contributed by atoms with Crippen molar-refractivity contribution >= 4 is 52.8 Å². The number of nitrogens with one attached hydrogen (secondary N) is 3. The summed E-state index contributed by atoms with van der Waals surface area (Å²) in [6.07, 6.45) is -8.55. The van der Waals surface area contributed by atoms with Gasteiger partial charge in [0.1, 0.15) is 36.5 Å². The van der Waals surface area contributed by atoms with Crippen LogP contribution in [0, 0.1) is 21.7 Å². The first-order chi connectivity index (χ1) is 35.0. The number of amides is 3. The molecular formula is C57H71N3O15. The number of hydrogen-bond acceptors (Lipinski definition) is 15. The molecule has 404 valence electrons. The molecule has 2 aliphatic rings. The van der Waals surface area contributed by atoms with Crippen LogP contribution in [-0.4, -0.2) is 98.2 Å². The number of rotatable bonds is 16. The number of unbranched alkanes of at least 4 members (excludes halogenated alkanes) is 1. The Hall–Kier alpha value is -7.08. The molecule has 0 spiro atoms. The Kier molecular flexibility index (Phi) is 17.7. The van der Waals surface area contributed by atoms with Gasteiger partial charge in [-0.1, -0.05) is 66.7 Å². The van der Waals surface area contributed by atoms with Gasteiger partial charge >= 0.3 is 35.6 Å². The van der Waals surface area contributed by atoms with Crippen LogP contribution in [0.3, 0.4) is 0 Å². The van der Waals surface area contributed by atoms with Crippen LogP contribution in [0.4, 0.5) is 4.79 Å². The summed E-state index contributed by atoms with van der Waals surface area (Å²) in [7, 11) is 0. The predicted octanol–water partition coefficient (Wildman–Crippen LogP) is 7.90. The highest BCUT2D eigenvalue weighted by Gasteiger charge is 2.55. The first-order valence-electron chi connectivity index (χ1n) is 25.2. The topological polar surface area (TPSA) is 241 Å². The fourth-order valence-electron chi connectivity index (χ4n) is 8.13. The first-order valence-corrected chi connectivity index (χ1v) is 25.2. The van der Waals surface area contributed by atoms with Gasteiger partial charge in [0, 0.05) is 17.8 Å². The van der Waals surface area contributed by atoms with Crippen molar-refractivity contribution in [3.05, 3.63) is 106 Å². The Bertz CT molecular complexity index is 2780. The van der Waals surface area contributed by atoms with Gasteiger partial charge in [-0.15, -0.1) is 0 Å². The van der Waals surface area contributed by atoms with E-state index in [1.54, 1.807) is 107 Å². The molecule has 1 aliphatic carbocycles. The molecule has 3 N–H and O–H groups in total. The summed E-state index contributed by atoms with van der Waals surface area (Å²) >= 11 is 0. The van der Waals surface area contributed by atoms with Crippen LogP contribution >= 0.6 is 0 Å². The van der Waals surface area contributed by atoms with Gasteiger partial charge in [-0.25, -0.2) is 9.59 Å². The molecule has 1 saturated heterocycles. The third kappa shape index (κ3) is 14.4. The van der Waals surface area contributed by atoms with Gasteiger partial charge in [0.2, 0.25) is 5.91 Å². The average Bonchev–Trinajstić information content (AvgIpc) is 3.65. The second kappa shape index (κ2) is 23.2. The van der Waals surface area contributed by atoms with Crippen molar-refractivity contribution in [1.29, 1.82) is 0 Å². The maximum atomic E-state index is 14.9. The van der Waals surface area contributed by atoms with Crippen LogP contribution in [0.25, 0.3) is 22.1 Å². The fourth-order valence-corrected chi connectivity index (χ4v) is 8.13. The molecule has 1 aliphatic heterocycles. The summed E-state index contributed by atoms with van der Waals surface area (Å²) in [6.45, 7) is 18.7. The van der Waals surface area contributed by atoms with Gasteiger partial charge in [-0.05, 0) is 137 Å². The van der Waals surface area contributed by atoms with E-state index in [2.05, 4.69) is 16.0 Å². The van der Waals surface area contributed by atoms with Crippen molar-refractivity contribution in [2.45, 2.75) is 145 Å². The smallest absolute Gasteiger partial charge is 0.407 e. The molecule has 0 saturated carbocycles. The van der Waals surface area contributed by atoms with E-state index in [0.29, 0.717) is 11.0 Å². The van der Waals surface area contributed by atoms with Crippen LogP contribution in [0.5, 0.6) is 0 Å². The molecule has 1 fully saturated rings. The Morgan fingerprint density at radius 2 is 1.12 bits per heavy atom. The standard InChI is InChI=1S/C57H71N3O15/c1-54(2,3)49(64)69-31-41-42(73-50(65)55(4,5)6)43(74-51(66)56(7,8)9)44(75-52(67)57(10,11)12)47(71-41)60-46(62)39(26-19-20-28-58-45(61)37-29-32-21-13-18-27-40(32)72-48(37)63)59-53(68)70-30-38-35-24-16-14-22-33(35)34-23-15-17-25-36(34)38/h13-18,21-25,27,29,38-39,41-44,47H,19-20,26,28,30-31H2,1-12H3,(H,58,61)(H,59,68)(H,60,62)/t39-,41?,42?,43?,44?,47?/m0/s1. The molecule has 18 heteroatoms. The van der Waals surface area contributed by atoms with E-state index in [9.17, 15) is 38.4 Å². The van der Waals surface area contributed by atoms with E-state index in [-0.39, 0.29) is 43.9 Å². The van der Waals surface area contributed by atoms with E-state index in [4.69, 9.17) is 32.8 Å². The Balaban J connectivity index is 1.30. The van der Waals surface area contributed by atoms with Crippen LogP contribution in [0.1, 0.15) is 130 Å². The van der Waals surface area contributed by atoms with Crippen molar-refractivity contribution in [3.8, 4) is 11.1 Å². The monoisotopic (exact) mass is 1040 g/mol. The summed E-state index contributed by atoms with van der Waals surface area (Å²) in [4.78, 5) is 109. The van der Waals surface area contributed by atoms with Gasteiger partial charge in [0.05, 0.1) is 21.7 Å². The number of carbonyl (C=O) groups is 7. The lowest BCUT2D eigenvalue weighted by Gasteiger charge is -2.46. The zero-order valence-electron chi connectivity index (χ0n) is 44.9. The van der Waals surface area contributed by atoms with Crippen molar-refractivity contribution in [3.63, 3.8) is 0 Å². The number of fused-ring (bicyclic) bond motifs is 4. The zero-order chi connectivity index (χ0) is 55.2. The molecule has 0 bridgehead atoms. The highest BCUT2D eigenvalue weighted by molar-refractivity contribution is 5.96. The second-order valence-electron chi connectivity index (χ2n) is 23.1. The van der Waals surface area contributed by atoms with E-state index >= 15 is 0 Å². The molecule has 5 unspecified atom stereocenters. The van der Waals surface area contributed by atoms with Crippen LogP contribution in [0.15, 0.2) is 88.1 Å². The summed E-state index contributed by atoms with van der Waals surface area (Å²) in [6, 6.07) is 22.4. The van der Waals surface area contributed by atoms with Crippen molar-refractivity contribution < 1.29 is 66.4 Å². The lowest BCUT2D eigenvalue weighted by molar-refractivity contribution is -0.264. The summed E-state index contributed by atoms with van der Waals surface area (Å²) in [5.74, 6) is -4.84. The third-order valence-corrected chi connectivity index (χ3v) is 12.5. The minimum atomic E-state index is -1.70. The maximum Gasteiger partial charge on any atom is 0.407 e. The zero-order valence-corrected chi connectivity index (χ0v) is 44.9. The Morgan fingerprint density at radius 3 is 1.69 bits per heavy atom. The molecule has 18 nitrogen and oxygen atoms in total. The van der Waals surface area contributed by atoms with E-state index < -0.39 is 112 Å². The van der Waals surface area contributed by atoms with Crippen LogP contribution in [-0.2, 0) is 52.4 Å². The summed E-state index contributed by atoms with van der Waals surface area (Å²) in [5, 5.41) is 8.72. The Labute approximate surface area is 437 Å². The average molecular weight is 1040 g/mol. The van der Waals surface area contributed by atoms with Crippen molar-refractivity contribution in [1.82, 2.24) is 16.0 Å². The number of para-hydroxylation sites is 1. The van der Waals surface area contributed by atoms with Gasteiger partial charge in [0.25, 0.3) is 5.91 Å². The summed E-state index contributed by atoms with van der Waals surface area (Å²) < 4.78 is 41.7. The fraction of sp³-hybridized carbons (Fsp3) is 0.509. The largest absolute Gasteiger partial charge is 0.462 e. The van der Waals surface area contributed by atoms with Gasteiger partial charge < -0.3 is 48.8 Å². The molecule has 3 aromatic carbocycles. The predicted molar refractivity (Wildman–Crippen MR) is 276 cm³/mol. The summed E-state index contributed by atoms with van der Waals surface area (Å²) in [5.41, 5.74) is -1.14. The minimum Gasteiger partial charge on any atom is -0.462 e. The van der Waals surface area contributed by atoms with Gasteiger partial charge in [-0.2, -0.15) is 0 Å². The normalized spacial score (nSPS) is 19.1. The molecule has 4 aromatic rings. The first kappa shape index (κ1) is 57.2. The molecule has 2 heterocycles. The molecule has 1 aromatic heterocycles.